The molecule has 0 heterocycles. The molecule has 0 aromatic heterocycles. The average Bonchev–Trinajstić information content (AvgIpc) is 2.46. The first-order chi connectivity index (χ1) is 5.79. The van der Waals surface area contributed by atoms with Crippen molar-refractivity contribution < 1.29 is 5.73 Å². The Hall–Kier alpha value is -0.0400. The number of fused-ring (bicyclic) bond motifs is 1. The highest BCUT2D eigenvalue weighted by molar-refractivity contribution is 4.87. The van der Waals surface area contributed by atoms with Gasteiger partial charge in [0.1, 0.15) is 0 Å². The molecule has 70 valence electrons. The van der Waals surface area contributed by atoms with Gasteiger partial charge in [0.15, 0.2) is 0 Å². The van der Waals surface area contributed by atoms with E-state index in [2.05, 4.69) is 12.7 Å². The first-order valence-electron chi connectivity index (χ1n) is 5.62. The minimum atomic E-state index is 0.779. The van der Waals surface area contributed by atoms with E-state index in [1.807, 2.05) is 0 Å². The van der Waals surface area contributed by atoms with Gasteiger partial charge in [-0.3, -0.25) is 0 Å². The molecule has 4 atom stereocenters. The van der Waals surface area contributed by atoms with Crippen LogP contribution >= 0.6 is 0 Å². The summed E-state index contributed by atoms with van der Waals surface area (Å²) in [6, 6.07) is 0.779. The molecule has 0 aromatic carbocycles. The van der Waals surface area contributed by atoms with Crippen molar-refractivity contribution in [3.8, 4) is 0 Å². The van der Waals surface area contributed by atoms with Gasteiger partial charge in [0.05, 0.1) is 6.04 Å². The van der Waals surface area contributed by atoms with Crippen LogP contribution in [-0.4, -0.2) is 6.04 Å². The number of rotatable bonds is 1. The summed E-state index contributed by atoms with van der Waals surface area (Å²) in [5.74, 6) is 3.21. The fraction of sp³-hybridized carbons (Fsp3) is 1.00. The van der Waals surface area contributed by atoms with Gasteiger partial charge in [-0.05, 0) is 43.4 Å². The Balaban J connectivity index is 1.93. The van der Waals surface area contributed by atoms with E-state index in [1.165, 1.54) is 38.5 Å². The Kier molecular flexibility index (Phi) is 2.40. The second-order valence-corrected chi connectivity index (χ2v) is 4.94. The number of quaternary nitrogens is 1. The zero-order valence-electron chi connectivity index (χ0n) is 8.26. The van der Waals surface area contributed by atoms with E-state index >= 15 is 0 Å². The Morgan fingerprint density at radius 2 is 1.83 bits per heavy atom. The van der Waals surface area contributed by atoms with Crippen LogP contribution in [0, 0.1) is 17.8 Å². The van der Waals surface area contributed by atoms with E-state index in [1.54, 1.807) is 0 Å². The molecule has 2 aliphatic rings. The number of hydrogen-bond acceptors (Lipinski definition) is 0. The summed E-state index contributed by atoms with van der Waals surface area (Å²) >= 11 is 0. The van der Waals surface area contributed by atoms with Crippen molar-refractivity contribution >= 4 is 0 Å². The third-order valence-electron chi connectivity index (χ3n) is 4.10. The van der Waals surface area contributed by atoms with Crippen molar-refractivity contribution in [1.82, 2.24) is 0 Å². The molecule has 1 heteroatoms. The molecule has 0 saturated heterocycles. The van der Waals surface area contributed by atoms with Crippen LogP contribution in [0.2, 0.25) is 0 Å². The largest absolute Gasteiger partial charge is 0.355 e. The molecule has 2 saturated carbocycles. The maximum atomic E-state index is 4.21. The molecule has 0 aliphatic heterocycles. The van der Waals surface area contributed by atoms with Gasteiger partial charge in [0.25, 0.3) is 0 Å². The zero-order valence-corrected chi connectivity index (χ0v) is 8.26. The quantitative estimate of drug-likeness (QED) is 0.618. The van der Waals surface area contributed by atoms with Gasteiger partial charge in [0, 0.05) is 6.42 Å². The van der Waals surface area contributed by atoms with Gasteiger partial charge in [-0.2, -0.15) is 0 Å². The second kappa shape index (κ2) is 3.37. The first-order valence-corrected chi connectivity index (χ1v) is 5.62. The van der Waals surface area contributed by atoms with Crippen molar-refractivity contribution in [3.05, 3.63) is 0 Å². The fourth-order valence-corrected chi connectivity index (χ4v) is 3.31. The standard InChI is InChI=1S/C11H21N/c1-2-8-5-9-3-4-11(12)7-10(9)6-8/h8-11H,2-7,12H2,1H3/p+1. The van der Waals surface area contributed by atoms with Gasteiger partial charge < -0.3 is 5.73 Å². The van der Waals surface area contributed by atoms with Crippen molar-refractivity contribution in [1.29, 1.82) is 0 Å². The molecule has 2 rings (SSSR count). The predicted octanol–water partition coefficient (Wildman–Crippen LogP) is 1.83. The summed E-state index contributed by atoms with van der Waals surface area (Å²) < 4.78 is 0. The average molecular weight is 168 g/mol. The Labute approximate surface area is 75.7 Å². The highest BCUT2D eigenvalue weighted by Crippen LogP contribution is 2.45. The molecule has 2 fully saturated rings. The summed E-state index contributed by atoms with van der Waals surface area (Å²) in [5.41, 5.74) is 4.21. The van der Waals surface area contributed by atoms with E-state index in [9.17, 15) is 0 Å². The van der Waals surface area contributed by atoms with E-state index in [4.69, 9.17) is 0 Å². The third-order valence-corrected chi connectivity index (χ3v) is 4.10. The second-order valence-electron chi connectivity index (χ2n) is 4.94. The summed E-state index contributed by atoms with van der Waals surface area (Å²) in [4.78, 5) is 0. The lowest BCUT2D eigenvalue weighted by Gasteiger charge is -2.27. The maximum absolute atomic E-state index is 4.21. The fourth-order valence-electron chi connectivity index (χ4n) is 3.31. The topological polar surface area (TPSA) is 27.6 Å². The van der Waals surface area contributed by atoms with Crippen molar-refractivity contribution in [2.75, 3.05) is 0 Å². The van der Waals surface area contributed by atoms with Gasteiger partial charge in [0.2, 0.25) is 0 Å². The SMILES string of the molecule is CCC1CC2CCC([NH3+])CC2C1. The van der Waals surface area contributed by atoms with Crippen molar-refractivity contribution in [2.45, 2.75) is 51.5 Å². The van der Waals surface area contributed by atoms with Crippen LogP contribution in [0.1, 0.15) is 45.4 Å². The molecular weight excluding hydrogens is 146 g/mol. The summed E-state index contributed by atoms with van der Waals surface area (Å²) in [6.07, 6.45) is 8.78. The molecule has 0 radical (unpaired) electrons. The molecule has 3 N–H and O–H groups in total. The van der Waals surface area contributed by atoms with Crippen LogP contribution in [0.15, 0.2) is 0 Å². The van der Waals surface area contributed by atoms with Gasteiger partial charge in [-0.15, -0.1) is 0 Å². The molecule has 0 aromatic rings. The van der Waals surface area contributed by atoms with Crippen LogP contribution in [0.5, 0.6) is 0 Å². The normalized spacial score (nSPS) is 47.5. The van der Waals surface area contributed by atoms with Crippen LogP contribution in [0.4, 0.5) is 0 Å². The summed E-state index contributed by atoms with van der Waals surface area (Å²) in [6.45, 7) is 2.35. The molecular formula is C11H22N+. The molecule has 0 bridgehead atoms. The smallest absolute Gasteiger partial charge is 0.0846 e. The first kappa shape index (κ1) is 8.55. The van der Waals surface area contributed by atoms with Crippen LogP contribution in [0.25, 0.3) is 0 Å². The van der Waals surface area contributed by atoms with E-state index < -0.39 is 0 Å². The highest BCUT2D eigenvalue weighted by atomic mass is 14.6. The molecule has 4 unspecified atom stereocenters. The Bertz CT molecular complexity index is 155. The molecule has 0 spiro atoms. The summed E-state index contributed by atoms with van der Waals surface area (Å²) in [7, 11) is 0. The monoisotopic (exact) mass is 168 g/mol. The molecule has 2 aliphatic carbocycles. The lowest BCUT2D eigenvalue weighted by Crippen LogP contribution is -2.62. The summed E-state index contributed by atoms with van der Waals surface area (Å²) in [5, 5.41) is 0. The minimum Gasteiger partial charge on any atom is -0.355 e. The zero-order chi connectivity index (χ0) is 8.55. The molecule has 1 nitrogen and oxygen atoms in total. The van der Waals surface area contributed by atoms with Gasteiger partial charge in [-0.1, -0.05) is 13.3 Å². The van der Waals surface area contributed by atoms with Crippen LogP contribution < -0.4 is 5.73 Å². The minimum absolute atomic E-state index is 0.779. The Morgan fingerprint density at radius 1 is 1.08 bits per heavy atom. The van der Waals surface area contributed by atoms with Crippen molar-refractivity contribution in [2.24, 2.45) is 17.8 Å². The highest BCUT2D eigenvalue weighted by Gasteiger charge is 2.37. The molecule has 12 heavy (non-hydrogen) atoms. The van der Waals surface area contributed by atoms with E-state index in [0.29, 0.717) is 0 Å². The third kappa shape index (κ3) is 1.52. The van der Waals surface area contributed by atoms with E-state index in [0.717, 1.165) is 23.8 Å². The lowest BCUT2D eigenvalue weighted by molar-refractivity contribution is -0.429. The van der Waals surface area contributed by atoms with Crippen LogP contribution in [-0.2, 0) is 0 Å². The van der Waals surface area contributed by atoms with Crippen LogP contribution in [0.3, 0.4) is 0 Å². The van der Waals surface area contributed by atoms with Gasteiger partial charge in [-0.25, -0.2) is 0 Å². The number of hydrogen-bond donors (Lipinski definition) is 1. The molecule has 0 amide bonds. The van der Waals surface area contributed by atoms with Crippen molar-refractivity contribution in [3.63, 3.8) is 0 Å². The van der Waals surface area contributed by atoms with E-state index in [-0.39, 0.29) is 0 Å². The Morgan fingerprint density at radius 3 is 2.58 bits per heavy atom. The predicted molar refractivity (Wildman–Crippen MR) is 50.5 cm³/mol. The maximum Gasteiger partial charge on any atom is 0.0846 e. The van der Waals surface area contributed by atoms with Gasteiger partial charge >= 0.3 is 0 Å². The lowest BCUT2D eigenvalue weighted by atomic mass is 9.79.